The van der Waals surface area contributed by atoms with Gasteiger partial charge in [-0.2, -0.15) is 9.36 Å². The van der Waals surface area contributed by atoms with E-state index in [1.807, 2.05) is 24.5 Å². The van der Waals surface area contributed by atoms with E-state index in [1.165, 1.54) is 34.4 Å². The molecule has 88 valence electrons. The van der Waals surface area contributed by atoms with Crippen molar-refractivity contribution >= 4 is 34.1 Å². The zero-order chi connectivity index (χ0) is 12.3. The largest absolute Gasteiger partial charge is 0.250 e. The van der Waals surface area contributed by atoms with Crippen molar-refractivity contribution in [1.82, 2.24) is 9.36 Å². The molecule has 0 saturated heterocycles. The first kappa shape index (κ1) is 12.2. The van der Waals surface area contributed by atoms with Crippen molar-refractivity contribution in [1.29, 1.82) is 0 Å². The lowest BCUT2D eigenvalue weighted by molar-refractivity contribution is 1.06. The van der Waals surface area contributed by atoms with Gasteiger partial charge in [-0.15, -0.1) is 10.2 Å². The van der Waals surface area contributed by atoms with E-state index in [1.54, 1.807) is 0 Å². The summed E-state index contributed by atoms with van der Waals surface area (Å²) in [5.74, 6) is 0. The maximum absolute atomic E-state index is 4.19. The zero-order valence-electron chi connectivity index (χ0n) is 9.84. The fourth-order valence-corrected chi connectivity index (χ4v) is 2.27. The minimum Gasteiger partial charge on any atom is -0.189 e. The van der Waals surface area contributed by atoms with Gasteiger partial charge in [0.25, 0.3) is 0 Å². The van der Waals surface area contributed by atoms with E-state index < -0.39 is 0 Å². The maximum atomic E-state index is 4.19. The predicted octanol–water partition coefficient (Wildman–Crippen LogP) is 4.29. The monoisotopic (exact) mass is 264 g/mol. The highest BCUT2D eigenvalue weighted by atomic mass is 32.2. The highest BCUT2D eigenvalue weighted by molar-refractivity contribution is 7.98. The van der Waals surface area contributed by atoms with Gasteiger partial charge in [0, 0.05) is 11.5 Å². The van der Waals surface area contributed by atoms with Gasteiger partial charge >= 0.3 is 0 Å². The standard InChI is InChI=1S/C11H12N4S2/c1-7-4-5-9(6-8(7)2)13-14-10-12-11(16-3)15-17-10/h4-6H,1-3H3. The van der Waals surface area contributed by atoms with Crippen molar-refractivity contribution in [3.05, 3.63) is 29.3 Å². The first-order chi connectivity index (χ1) is 8.19. The minimum absolute atomic E-state index is 0.590. The van der Waals surface area contributed by atoms with Gasteiger partial charge in [0.15, 0.2) is 0 Å². The molecule has 0 radical (unpaired) electrons. The Labute approximate surface area is 108 Å². The van der Waals surface area contributed by atoms with Gasteiger partial charge in [0.05, 0.1) is 5.69 Å². The van der Waals surface area contributed by atoms with E-state index in [9.17, 15) is 0 Å². The molecule has 17 heavy (non-hydrogen) atoms. The number of aryl methyl sites for hydroxylation is 2. The molecule has 4 nitrogen and oxygen atoms in total. The predicted molar refractivity (Wildman–Crippen MR) is 71.8 cm³/mol. The summed E-state index contributed by atoms with van der Waals surface area (Å²) < 4.78 is 4.12. The van der Waals surface area contributed by atoms with Crippen LogP contribution < -0.4 is 0 Å². The Balaban J connectivity index is 2.16. The topological polar surface area (TPSA) is 50.5 Å². The summed E-state index contributed by atoms with van der Waals surface area (Å²) in [5, 5.41) is 9.55. The van der Waals surface area contributed by atoms with Crippen molar-refractivity contribution in [2.45, 2.75) is 19.0 Å². The summed E-state index contributed by atoms with van der Waals surface area (Å²) in [6.07, 6.45) is 1.94. The molecule has 0 atom stereocenters. The molecule has 2 rings (SSSR count). The van der Waals surface area contributed by atoms with Crippen molar-refractivity contribution in [2.24, 2.45) is 10.2 Å². The Hall–Kier alpha value is -1.27. The summed E-state index contributed by atoms with van der Waals surface area (Å²) in [4.78, 5) is 4.19. The molecule has 0 unspecified atom stereocenters. The van der Waals surface area contributed by atoms with Crippen LogP contribution in [-0.4, -0.2) is 15.6 Å². The lowest BCUT2D eigenvalue weighted by atomic mass is 10.1. The van der Waals surface area contributed by atoms with Gasteiger partial charge in [-0.25, -0.2) is 0 Å². The van der Waals surface area contributed by atoms with Crippen LogP contribution in [0.1, 0.15) is 11.1 Å². The second kappa shape index (κ2) is 5.37. The Kier molecular flexibility index (Phi) is 3.86. The lowest BCUT2D eigenvalue weighted by Crippen LogP contribution is -1.77. The third-order valence-electron chi connectivity index (χ3n) is 2.32. The zero-order valence-corrected chi connectivity index (χ0v) is 11.5. The van der Waals surface area contributed by atoms with Crippen molar-refractivity contribution in [3.63, 3.8) is 0 Å². The molecule has 1 aromatic heterocycles. The second-order valence-electron chi connectivity index (χ2n) is 3.53. The number of hydrogen-bond donors (Lipinski definition) is 0. The number of thioether (sulfide) groups is 1. The Bertz CT molecular complexity index is 548. The molecule has 0 spiro atoms. The molecule has 0 fully saturated rings. The molecule has 0 saturated carbocycles. The van der Waals surface area contributed by atoms with Crippen LogP contribution >= 0.6 is 23.3 Å². The van der Waals surface area contributed by atoms with Gasteiger partial charge in [-0.05, 0) is 43.4 Å². The summed E-state index contributed by atoms with van der Waals surface area (Å²) in [6.45, 7) is 4.14. The molecule has 0 amide bonds. The number of benzene rings is 1. The van der Waals surface area contributed by atoms with E-state index in [2.05, 4.69) is 33.4 Å². The SMILES string of the molecule is CSc1nsc(N=Nc2ccc(C)c(C)c2)n1. The van der Waals surface area contributed by atoms with Crippen molar-refractivity contribution in [3.8, 4) is 0 Å². The quantitative estimate of drug-likeness (QED) is 0.613. The Morgan fingerprint density at radius 3 is 2.65 bits per heavy atom. The Morgan fingerprint density at radius 1 is 1.18 bits per heavy atom. The van der Waals surface area contributed by atoms with Crippen LogP contribution in [0.5, 0.6) is 0 Å². The lowest BCUT2D eigenvalue weighted by Gasteiger charge is -1.98. The van der Waals surface area contributed by atoms with Crippen LogP contribution in [0.15, 0.2) is 33.6 Å². The molecule has 6 heteroatoms. The summed E-state index contributed by atoms with van der Waals surface area (Å²) in [6, 6.07) is 5.99. The van der Waals surface area contributed by atoms with Gasteiger partial charge < -0.3 is 0 Å². The van der Waals surface area contributed by atoms with Gasteiger partial charge in [-0.1, -0.05) is 17.8 Å². The normalized spacial score (nSPS) is 11.2. The van der Waals surface area contributed by atoms with Crippen LogP contribution in [0.4, 0.5) is 10.8 Å². The van der Waals surface area contributed by atoms with E-state index in [4.69, 9.17) is 0 Å². The van der Waals surface area contributed by atoms with Crippen molar-refractivity contribution in [2.75, 3.05) is 6.26 Å². The molecule has 0 N–H and O–H groups in total. The number of rotatable bonds is 3. The number of nitrogens with zero attached hydrogens (tertiary/aromatic N) is 4. The smallest absolute Gasteiger partial charge is 0.189 e. The van der Waals surface area contributed by atoms with Crippen molar-refractivity contribution < 1.29 is 0 Å². The summed E-state index contributed by atoms with van der Waals surface area (Å²) >= 11 is 2.76. The average molecular weight is 264 g/mol. The van der Waals surface area contributed by atoms with Gasteiger partial charge in [-0.3, -0.25) is 0 Å². The van der Waals surface area contributed by atoms with Crippen LogP contribution in [0.2, 0.25) is 0 Å². The van der Waals surface area contributed by atoms with Gasteiger partial charge in [0.2, 0.25) is 10.3 Å². The van der Waals surface area contributed by atoms with Crippen LogP contribution in [0.3, 0.4) is 0 Å². The minimum atomic E-state index is 0.590. The fraction of sp³-hybridized carbons (Fsp3) is 0.273. The molecule has 0 bridgehead atoms. The molecular weight excluding hydrogens is 252 g/mol. The first-order valence-electron chi connectivity index (χ1n) is 5.06. The molecule has 0 aliphatic heterocycles. The Morgan fingerprint density at radius 2 is 2.00 bits per heavy atom. The first-order valence-corrected chi connectivity index (χ1v) is 7.05. The molecule has 1 aromatic carbocycles. The second-order valence-corrected chi connectivity index (χ2v) is 5.04. The maximum Gasteiger partial charge on any atom is 0.250 e. The highest BCUT2D eigenvalue weighted by Gasteiger charge is 2.01. The summed E-state index contributed by atoms with van der Waals surface area (Å²) in [7, 11) is 0. The fourth-order valence-electron chi connectivity index (χ4n) is 1.21. The van der Waals surface area contributed by atoms with Gasteiger partial charge in [0.1, 0.15) is 0 Å². The third-order valence-corrected chi connectivity index (χ3v) is 3.58. The van der Waals surface area contributed by atoms with E-state index in [-0.39, 0.29) is 0 Å². The third kappa shape index (κ3) is 3.10. The average Bonchev–Trinajstić information content (AvgIpc) is 2.79. The molecule has 2 aromatic rings. The number of aromatic nitrogens is 2. The molecular formula is C11H12N4S2. The van der Waals surface area contributed by atoms with E-state index in [0.717, 1.165) is 10.8 Å². The van der Waals surface area contributed by atoms with E-state index in [0.29, 0.717) is 5.13 Å². The summed E-state index contributed by atoms with van der Waals surface area (Å²) in [5.41, 5.74) is 3.31. The van der Waals surface area contributed by atoms with E-state index >= 15 is 0 Å². The number of hydrogen-bond acceptors (Lipinski definition) is 6. The molecule has 0 aliphatic carbocycles. The number of azo groups is 1. The molecule has 1 heterocycles. The van der Waals surface area contributed by atoms with Crippen LogP contribution in [0, 0.1) is 13.8 Å². The highest BCUT2D eigenvalue weighted by Crippen LogP contribution is 2.24. The molecule has 0 aliphatic rings. The van der Waals surface area contributed by atoms with Crippen LogP contribution in [-0.2, 0) is 0 Å². The van der Waals surface area contributed by atoms with Crippen LogP contribution in [0.25, 0.3) is 0 Å².